The van der Waals surface area contributed by atoms with Crippen molar-refractivity contribution in [3.05, 3.63) is 94.1 Å². The van der Waals surface area contributed by atoms with E-state index in [9.17, 15) is 9.59 Å². The average molecular weight is 490 g/mol. The van der Waals surface area contributed by atoms with E-state index in [-0.39, 0.29) is 12.3 Å². The Bertz CT molecular complexity index is 1330. The van der Waals surface area contributed by atoms with Gasteiger partial charge in [0.15, 0.2) is 0 Å². The minimum atomic E-state index is -0.626. The molecule has 0 saturated carbocycles. The number of hydrogen-bond acceptors (Lipinski definition) is 4. The molecule has 2 heterocycles. The molecular weight excluding hydrogens is 462 g/mol. The van der Waals surface area contributed by atoms with Gasteiger partial charge in [-0.15, -0.1) is 0 Å². The molecule has 0 saturated heterocycles. The highest BCUT2D eigenvalue weighted by Gasteiger charge is 2.29. The van der Waals surface area contributed by atoms with Crippen molar-refractivity contribution >= 4 is 40.4 Å². The van der Waals surface area contributed by atoms with Crippen LogP contribution in [0.15, 0.2) is 66.7 Å². The molecule has 0 spiro atoms. The smallest absolute Gasteiger partial charge is 0.288 e. The number of carbonyl (C=O) groups is 2. The molecule has 1 unspecified atom stereocenters. The number of likely N-dealkylation sites (N-methyl/N-ethyl adjacent to an activating group) is 1. The SMILES string of the molecule is COc1ccc(C2c3[nH]c4ccc(Cl)cc4c3CCN2C)cc1.Cc1ccc(NC(=O)C=O)cc1. The van der Waals surface area contributed by atoms with Crippen LogP contribution in [0.3, 0.4) is 0 Å². The Labute approximate surface area is 209 Å². The minimum Gasteiger partial charge on any atom is -0.497 e. The van der Waals surface area contributed by atoms with E-state index in [1.165, 1.54) is 22.2 Å². The van der Waals surface area contributed by atoms with Crippen LogP contribution in [0.5, 0.6) is 5.75 Å². The summed E-state index contributed by atoms with van der Waals surface area (Å²) >= 11 is 6.20. The summed E-state index contributed by atoms with van der Waals surface area (Å²) in [6.07, 6.45) is 1.29. The Morgan fingerprint density at radius 2 is 1.83 bits per heavy atom. The van der Waals surface area contributed by atoms with Crippen LogP contribution in [0.2, 0.25) is 5.02 Å². The summed E-state index contributed by atoms with van der Waals surface area (Å²) in [6, 6.07) is 21.9. The normalized spacial score (nSPS) is 15.0. The predicted molar refractivity (Wildman–Crippen MR) is 140 cm³/mol. The maximum Gasteiger partial charge on any atom is 0.288 e. The number of nitrogens with one attached hydrogen (secondary N) is 2. The Hall–Kier alpha value is -3.61. The van der Waals surface area contributed by atoms with E-state index in [1.54, 1.807) is 19.2 Å². The molecule has 7 heteroatoms. The lowest BCUT2D eigenvalue weighted by atomic mass is 9.93. The fourth-order valence-electron chi connectivity index (χ4n) is 4.40. The average Bonchev–Trinajstić information content (AvgIpc) is 3.23. The number of aryl methyl sites for hydroxylation is 1. The van der Waals surface area contributed by atoms with E-state index in [1.807, 2.05) is 37.3 Å². The van der Waals surface area contributed by atoms with Gasteiger partial charge in [-0.25, -0.2) is 0 Å². The molecular formula is C28H28ClN3O3. The standard InChI is InChI=1S/C19H19ClN2O.C9H9NO2/c1-22-10-9-15-16-11-13(20)5-8-17(16)21-18(15)19(22)12-3-6-14(23-2)7-4-12;1-7-2-4-8(5-3-7)10-9(12)6-11/h3-8,11,19,21H,9-10H2,1-2H3;2-6H,1H3,(H,10,12). The highest BCUT2D eigenvalue weighted by molar-refractivity contribution is 6.31. The van der Waals surface area contributed by atoms with Crippen molar-refractivity contribution in [2.75, 3.05) is 26.0 Å². The first-order valence-corrected chi connectivity index (χ1v) is 11.7. The summed E-state index contributed by atoms with van der Waals surface area (Å²) < 4.78 is 5.28. The third-order valence-corrected chi connectivity index (χ3v) is 6.42. The molecule has 0 aliphatic carbocycles. The lowest BCUT2D eigenvalue weighted by Gasteiger charge is -2.33. The summed E-state index contributed by atoms with van der Waals surface area (Å²) in [4.78, 5) is 26.6. The summed E-state index contributed by atoms with van der Waals surface area (Å²) in [6.45, 7) is 2.98. The van der Waals surface area contributed by atoms with Crippen molar-refractivity contribution in [2.45, 2.75) is 19.4 Å². The van der Waals surface area contributed by atoms with Crippen LogP contribution in [0, 0.1) is 6.92 Å². The number of amides is 1. The molecule has 1 aliphatic rings. The van der Waals surface area contributed by atoms with E-state index < -0.39 is 5.91 Å². The van der Waals surface area contributed by atoms with Gasteiger partial charge in [0.1, 0.15) is 5.75 Å². The molecule has 180 valence electrons. The maximum atomic E-state index is 10.6. The second-order valence-corrected chi connectivity index (χ2v) is 9.02. The summed E-state index contributed by atoms with van der Waals surface area (Å²) in [5, 5.41) is 4.45. The Kier molecular flexibility index (Phi) is 7.54. The maximum absolute atomic E-state index is 10.6. The number of carbonyl (C=O) groups excluding carboxylic acids is 2. The van der Waals surface area contributed by atoms with Crippen LogP contribution < -0.4 is 10.1 Å². The molecule has 3 aromatic carbocycles. The number of fused-ring (bicyclic) bond motifs is 3. The van der Waals surface area contributed by atoms with Crippen molar-refractivity contribution in [3.63, 3.8) is 0 Å². The van der Waals surface area contributed by atoms with Gasteiger partial charge in [-0.3, -0.25) is 14.5 Å². The fraction of sp³-hybridized carbons (Fsp3) is 0.214. The molecule has 35 heavy (non-hydrogen) atoms. The topological polar surface area (TPSA) is 74.4 Å². The summed E-state index contributed by atoms with van der Waals surface area (Å²) in [5.41, 5.74) is 6.85. The Morgan fingerprint density at radius 1 is 1.11 bits per heavy atom. The van der Waals surface area contributed by atoms with Crippen LogP contribution in [0.25, 0.3) is 10.9 Å². The zero-order valence-electron chi connectivity index (χ0n) is 20.0. The molecule has 0 bridgehead atoms. The van der Waals surface area contributed by atoms with Gasteiger partial charge in [0.2, 0.25) is 6.29 Å². The molecule has 5 rings (SSSR count). The Morgan fingerprint density at radius 3 is 2.49 bits per heavy atom. The summed E-state index contributed by atoms with van der Waals surface area (Å²) in [5.74, 6) is 0.259. The second kappa shape index (κ2) is 10.8. The highest BCUT2D eigenvalue weighted by atomic mass is 35.5. The summed E-state index contributed by atoms with van der Waals surface area (Å²) in [7, 11) is 3.87. The van der Waals surface area contributed by atoms with Crippen molar-refractivity contribution < 1.29 is 14.3 Å². The first-order valence-electron chi connectivity index (χ1n) is 11.4. The first-order chi connectivity index (χ1) is 16.9. The third kappa shape index (κ3) is 5.56. The number of rotatable bonds is 4. The highest BCUT2D eigenvalue weighted by Crippen LogP contribution is 2.38. The number of H-pyrrole nitrogens is 1. The number of benzene rings is 3. The number of ether oxygens (including phenoxy) is 1. The van der Waals surface area contributed by atoms with Gasteiger partial charge in [-0.2, -0.15) is 0 Å². The molecule has 6 nitrogen and oxygen atoms in total. The number of aromatic amines is 1. The largest absolute Gasteiger partial charge is 0.497 e. The number of methoxy groups -OCH3 is 1. The van der Waals surface area contributed by atoms with Gasteiger partial charge >= 0.3 is 0 Å². The molecule has 0 radical (unpaired) electrons. The molecule has 1 amide bonds. The van der Waals surface area contributed by atoms with Gasteiger partial charge in [0.25, 0.3) is 5.91 Å². The lowest BCUT2D eigenvalue weighted by Crippen LogP contribution is -2.32. The van der Waals surface area contributed by atoms with Crippen molar-refractivity contribution in [3.8, 4) is 5.75 Å². The van der Waals surface area contributed by atoms with Crippen molar-refractivity contribution in [1.82, 2.24) is 9.88 Å². The molecule has 1 aliphatic heterocycles. The molecule has 1 atom stereocenters. The predicted octanol–water partition coefficient (Wildman–Crippen LogP) is 5.54. The van der Waals surface area contributed by atoms with Crippen molar-refractivity contribution in [2.24, 2.45) is 0 Å². The van der Waals surface area contributed by atoms with Crippen LogP contribution in [0.1, 0.15) is 28.4 Å². The number of nitrogens with zero attached hydrogens (tertiary/aromatic N) is 1. The van der Waals surface area contributed by atoms with E-state index in [0.717, 1.165) is 34.8 Å². The van der Waals surface area contributed by atoms with E-state index in [0.29, 0.717) is 5.69 Å². The van der Waals surface area contributed by atoms with Gasteiger partial charge in [-0.05, 0) is 74.0 Å². The van der Waals surface area contributed by atoms with Gasteiger partial charge in [0, 0.05) is 33.9 Å². The third-order valence-electron chi connectivity index (χ3n) is 6.19. The van der Waals surface area contributed by atoms with Gasteiger partial charge < -0.3 is 15.0 Å². The molecule has 0 fully saturated rings. The number of hydrogen-bond donors (Lipinski definition) is 2. The van der Waals surface area contributed by atoms with E-state index in [4.69, 9.17) is 16.3 Å². The number of aromatic nitrogens is 1. The van der Waals surface area contributed by atoms with Crippen LogP contribution in [0.4, 0.5) is 5.69 Å². The quantitative estimate of drug-likeness (QED) is 0.291. The number of anilines is 1. The number of halogens is 1. The van der Waals surface area contributed by atoms with Crippen molar-refractivity contribution in [1.29, 1.82) is 0 Å². The van der Waals surface area contributed by atoms with Crippen LogP contribution in [-0.2, 0) is 16.0 Å². The van der Waals surface area contributed by atoms with E-state index in [2.05, 4.69) is 46.5 Å². The lowest BCUT2D eigenvalue weighted by molar-refractivity contribution is -0.127. The fourth-order valence-corrected chi connectivity index (χ4v) is 4.57. The van der Waals surface area contributed by atoms with Crippen LogP contribution >= 0.6 is 11.6 Å². The number of aldehydes is 1. The Balaban J connectivity index is 0.000000204. The van der Waals surface area contributed by atoms with Crippen LogP contribution in [-0.4, -0.2) is 42.8 Å². The van der Waals surface area contributed by atoms with E-state index >= 15 is 0 Å². The second-order valence-electron chi connectivity index (χ2n) is 8.59. The molecule has 2 N–H and O–H groups in total. The zero-order valence-corrected chi connectivity index (χ0v) is 20.7. The minimum absolute atomic E-state index is 0.232. The molecule has 4 aromatic rings. The zero-order chi connectivity index (χ0) is 24.9. The first kappa shape index (κ1) is 24.5. The van der Waals surface area contributed by atoms with Gasteiger partial charge in [0.05, 0.1) is 13.2 Å². The monoisotopic (exact) mass is 489 g/mol. The molecule has 1 aromatic heterocycles. The van der Waals surface area contributed by atoms with Gasteiger partial charge in [-0.1, -0.05) is 41.4 Å².